The fourth-order valence-corrected chi connectivity index (χ4v) is 0.948. The van der Waals surface area contributed by atoms with Crippen LogP contribution in [0.4, 0.5) is 0 Å². The Labute approximate surface area is 105 Å². The number of ether oxygens (including phenoxy) is 1. The van der Waals surface area contributed by atoms with Gasteiger partial charge in [0.2, 0.25) is 0 Å². The van der Waals surface area contributed by atoms with Crippen LogP contribution in [0.15, 0.2) is 17.1 Å². The Bertz CT molecular complexity index is 259. The molecule has 0 amide bonds. The zero-order valence-corrected chi connectivity index (χ0v) is 11.4. The zero-order valence-electron chi connectivity index (χ0n) is 11.4. The number of aliphatic imine (C=N–C) groups is 1. The second-order valence-electron chi connectivity index (χ2n) is 4.29. The molecule has 0 radical (unpaired) electrons. The van der Waals surface area contributed by atoms with Crippen LogP contribution >= 0.6 is 0 Å². The van der Waals surface area contributed by atoms with E-state index in [2.05, 4.69) is 9.89 Å². The normalized spacial score (nSPS) is 13.9. The van der Waals surface area contributed by atoms with Crippen molar-refractivity contribution in [1.29, 1.82) is 5.41 Å². The monoisotopic (exact) mass is 239 g/mol. The molecular formula is C13H25N3O. The third kappa shape index (κ3) is 11.3. The van der Waals surface area contributed by atoms with Gasteiger partial charge in [-0.3, -0.25) is 4.99 Å². The molecule has 0 bridgehead atoms. The lowest BCUT2D eigenvalue weighted by Crippen LogP contribution is -2.18. The van der Waals surface area contributed by atoms with Gasteiger partial charge in [0.05, 0.1) is 19.3 Å². The van der Waals surface area contributed by atoms with E-state index in [9.17, 15) is 0 Å². The highest BCUT2D eigenvalue weighted by Crippen LogP contribution is 1.90. The third-order valence-corrected chi connectivity index (χ3v) is 2.27. The maximum absolute atomic E-state index is 7.37. The molecule has 0 aliphatic heterocycles. The minimum Gasteiger partial charge on any atom is -0.380 e. The van der Waals surface area contributed by atoms with Crippen LogP contribution in [0.5, 0.6) is 0 Å². The van der Waals surface area contributed by atoms with Gasteiger partial charge >= 0.3 is 0 Å². The van der Waals surface area contributed by atoms with Gasteiger partial charge in [0, 0.05) is 18.5 Å². The molecule has 4 heteroatoms. The van der Waals surface area contributed by atoms with Gasteiger partial charge in [0.15, 0.2) is 0 Å². The second-order valence-corrected chi connectivity index (χ2v) is 4.29. The first kappa shape index (κ1) is 16.0. The third-order valence-electron chi connectivity index (χ3n) is 2.27. The molecule has 0 aromatic carbocycles. The second kappa shape index (κ2) is 10.2. The van der Waals surface area contributed by atoms with Crippen LogP contribution in [-0.4, -0.2) is 56.7 Å². The quantitative estimate of drug-likeness (QED) is 0.494. The zero-order chi connectivity index (χ0) is 13.1. The summed E-state index contributed by atoms with van der Waals surface area (Å²) < 4.78 is 5.44. The predicted octanol–water partition coefficient (Wildman–Crippen LogP) is 2.01. The molecule has 1 atom stereocenters. The molecule has 1 N–H and O–H groups in total. The molecular weight excluding hydrogens is 214 g/mol. The van der Waals surface area contributed by atoms with Crippen LogP contribution < -0.4 is 0 Å². The average Bonchev–Trinajstić information content (AvgIpc) is 2.25. The summed E-state index contributed by atoms with van der Waals surface area (Å²) in [5.74, 6) is 0. The summed E-state index contributed by atoms with van der Waals surface area (Å²) >= 11 is 0. The Morgan fingerprint density at radius 3 is 2.71 bits per heavy atom. The maximum Gasteiger partial charge on any atom is 0.0842 e. The van der Waals surface area contributed by atoms with Crippen molar-refractivity contribution in [1.82, 2.24) is 4.90 Å². The van der Waals surface area contributed by atoms with Gasteiger partial charge in [0.1, 0.15) is 0 Å². The standard InChI is InChI=1S/C13H25N3O/c1-12(14)13(2)15-8-6-5-7-10-17-11-9-16(3)4/h5-6,8,13-14H,7,9-11H2,1-4H3/b6-5+,14-12?,15-8?. The molecule has 0 aliphatic rings. The summed E-state index contributed by atoms with van der Waals surface area (Å²) in [5, 5.41) is 7.37. The number of nitrogens with zero attached hydrogens (tertiary/aromatic N) is 2. The van der Waals surface area contributed by atoms with Crippen LogP contribution in [0.2, 0.25) is 0 Å². The van der Waals surface area contributed by atoms with Crippen molar-refractivity contribution in [2.45, 2.75) is 26.3 Å². The highest BCUT2D eigenvalue weighted by atomic mass is 16.5. The lowest BCUT2D eigenvalue weighted by Gasteiger charge is -2.08. The van der Waals surface area contributed by atoms with Crippen molar-refractivity contribution < 1.29 is 4.74 Å². The molecule has 98 valence electrons. The Morgan fingerprint density at radius 1 is 1.41 bits per heavy atom. The smallest absolute Gasteiger partial charge is 0.0842 e. The first-order valence-electron chi connectivity index (χ1n) is 6.00. The first-order valence-corrected chi connectivity index (χ1v) is 6.00. The molecule has 0 fully saturated rings. The Hall–Kier alpha value is -1.00. The molecule has 0 spiro atoms. The van der Waals surface area contributed by atoms with Gasteiger partial charge in [-0.25, -0.2) is 0 Å². The van der Waals surface area contributed by atoms with Crippen molar-refractivity contribution in [2.75, 3.05) is 33.9 Å². The van der Waals surface area contributed by atoms with Crippen LogP contribution in [0, 0.1) is 5.41 Å². The molecule has 0 saturated carbocycles. The molecule has 0 aliphatic carbocycles. The summed E-state index contributed by atoms with van der Waals surface area (Å²) in [5.41, 5.74) is 0.585. The summed E-state index contributed by atoms with van der Waals surface area (Å²) in [4.78, 5) is 6.30. The van der Waals surface area contributed by atoms with Gasteiger partial charge in [-0.05, 0) is 40.4 Å². The summed E-state index contributed by atoms with van der Waals surface area (Å²) in [7, 11) is 4.07. The Kier molecular flexibility index (Phi) is 9.57. The van der Waals surface area contributed by atoms with E-state index in [1.165, 1.54) is 0 Å². The molecule has 0 aromatic heterocycles. The minimum atomic E-state index is -0.0176. The summed E-state index contributed by atoms with van der Waals surface area (Å²) in [6.45, 7) is 6.17. The molecule has 0 heterocycles. The molecule has 0 aromatic rings. The highest BCUT2D eigenvalue weighted by Gasteiger charge is 1.96. The van der Waals surface area contributed by atoms with E-state index in [4.69, 9.17) is 10.1 Å². The van der Waals surface area contributed by atoms with E-state index in [1.54, 1.807) is 13.1 Å². The van der Waals surface area contributed by atoms with E-state index in [1.807, 2.05) is 33.2 Å². The van der Waals surface area contributed by atoms with Crippen LogP contribution in [0.1, 0.15) is 20.3 Å². The van der Waals surface area contributed by atoms with Gasteiger partial charge in [0.25, 0.3) is 0 Å². The van der Waals surface area contributed by atoms with Gasteiger partial charge in [-0.2, -0.15) is 0 Å². The number of allylic oxidation sites excluding steroid dienone is 1. The lowest BCUT2D eigenvalue weighted by molar-refractivity contribution is 0.121. The predicted molar refractivity (Wildman–Crippen MR) is 74.5 cm³/mol. The topological polar surface area (TPSA) is 48.7 Å². The SMILES string of the molecule is CC(=N)C(C)N=C/C=C/CCOCCN(C)C. The van der Waals surface area contributed by atoms with Gasteiger partial charge < -0.3 is 15.0 Å². The number of nitrogens with one attached hydrogen (secondary N) is 1. The van der Waals surface area contributed by atoms with E-state index in [0.717, 1.165) is 26.2 Å². The number of rotatable bonds is 9. The summed E-state index contributed by atoms with van der Waals surface area (Å²) in [6, 6.07) is -0.0176. The highest BCUT2D eigenvalue weighted by molar-refractivity contribution is 5.86. The van der Waals surface area contributed by atoms with E-state index in [-0.39, 0.29) is 6.04 Å². The summed E-state index contributed by atoms with van der Waals surface area (Å²) in [6.07, 6.45) is 6.60. The molecule has 0 saturated heterocycles. The van der Waals surface area contributed by atoms with Gasteiger partial charge in [-0.15, -0.1) is 0 Å². The Morgan fingerprint density at radius 2 is 2.12 bits per heavy atom. The van der Waals surface area contributed by atoms with Crippen molar-refractivity contribution in [3.63, 3.8) is 0 Å². The maximum atomic E-state index is 7.37. The van der Waals surface area contributed by atoms with E-state index >= 15 is 0 Å². The fourth-order valence-electron chi connectivity index (χ4n) is 0.948. The van der Waals surface area contributed by atoms with E-state index in [0.29, 0.717) is 5.71 Å². The van der Waals surface area contributed by atoms with Crippen LogP contribution in [-0.2, 0) is 4.74 Å². The molecule has 4 nitrogen and oxygen atoms in total. The first-order chi connectivity index (χ1) is 8.04. The molecule has 1 unspecified atom stereocenters. The van der Waals surface area contributed by atoms with E-state index < -0.39 is 0 Å². The lowest BCUT2D eigenvalue weighted by atomic mass is 10.2. The van der Waals surface area contributed by atoms with Crippen molar-refractivity contribution in [3.8, 4) is 0 Å². The van der Waals surface area contributed by atoms with Crippen molar-refractivity contribution >= 4 is 11.9 Å². The van der Waals surface area contributed by atoms with Gasteiger partial charge in [-0.1, -0.05) is 6.08 Å². The minimum absolute atomic E-state index is 0.0176. The molecule has 17 heavy (non-hydrogen) atoms. The number of likely N-dealkylation sites (N-methyl/N-ethyl adjacent to an activating group) is 1. The molecule has 0 rings (SSSR count). The Balaban J connectivity index is 3.46. The van der Waals surface area contributed by atoms with Crippen LogP contribution in [0.3, 0.4) is 0 Å². The van der Waals surface area contributed by atoms with Crippen molar-refractivity contribution in [3.05, 3.63) is 12.2 Å². The van der Waals surface area contributed by atoms with Crippen molar-refractivity contribution in [2.24, 2.45) is 4.99 Å². The number of hydrogen-bond donors (Lipinski definition) is 1. The largest absolute Gasteiger partial charge is 0.380 e. The fraction of sp³-hybridized carbons (Fsp3) is 0.692. The number of hydrogen-bond acceptors (Lipinski definition) is 4. The average molecular weight is 239 g/mol. The van der Waals surface area contributed by atoms with Crippen LogP contribution in [0.25, 0.3) is 0 Å².